The molecule has 2 N–H and O–H groups in total. The highest BCUT2D eigenvalue weighted by molar-refractivity contribution is 7.89. The normalized spacial score (nSPS) is 20.3. The summed E-state index contributed by atoms with van der Waals surface area (Å²) in [5.41, 5.74) is 5.09. The van der Waals surface area contributed by atoms with Gasteiger partial charge >= 0.3 is 0 Å². The number of sulfonamides is 1. The number of nitrogens with zero attached hydrogens (tertiary/aromatic N) is 2. The number of nitrogens with two attached hydrogens (primary N) is 1. The number of nitrogen functional groups attached to an aromatic ring is 1. The number of anilines is 1. The van der Waals surface area contributed by atoms with Crippen molar-refractivity contribution < 1.29 is 13.3 Å². The van der Waals surface area contributed by atoms with Gasteiger partial charge in [0, 0.05) is 19.2 Å². The monoisotopic (exact) mass is 313 g/mol. The highest BCUT2D eigenvalue weighted by atomic mass is 32.2. The van der Waals surface area contributed by atoms with Crippen LogP contribution in [0.2, 0.25) is 0 Å². The Bertz CT molecular complexity index is 645. The Morgan fingerprint density at radius 2 is 2.19 bits per heavy atom. The van der Waals surface area contributed by atoms with Crippen LogP contribution in [0.4, 0.5) is 11.4 Å². The highest BCUT2D eigenvalue weighted by Crippen LogP contribution is 2.29. The van der Waals surface area contributed by atoms with Crippen LogP contribution in [-0.4, -0.2) is 30.7 Å². The lowest BCUT2D eigenvalue weighted by Crippen LogP contribution is -2.39. The van der Waals surface area contributed by atoms with Crippen LogP contribution in [0.5, 0.6) is 0 Å². The molecule has 8 heteroatoms. The molecule has 0 spiro atoms. The third-order valence-corrected chi connectivity index (χ3v) is 5.76. The summed E-state index contributed by atoms with van der Waals surface area (Å²) in [5.74, 6) is 0.345. The Morgan fingerprint density at radius 3 is 2.81 bits per heavy atom. The number of piperidine rings is 1. The van der Waals surface area contributed by atoms with E-state index in [1.165, 1.54) is 16.4 Å². The van der Waals surface area contributed by atoms with Crippen LogP contribution in [0, 0.1) is 16.0 Å². The van der Waals surface area contributed by atoms with Gasteiger partial charge in [-0.25, -0.2) is 8.42 Å². The van der Waals surface area contributed by atoms with E-state index in [0.29, 0.717) is 19.0 Å². The molecule has 0 aliphatic carbocycles. The number of hydrogen-bond donors (Lipinski definition) is 1. The second kappa shape index (κ2) is 5.98. The van der Waals surface area contributed by atoms with E-state index in [9.17, 15) is 18.5 Å². The summed E-state index contributed by atoms with van der Waals surface area (Å²) in [4.78, 5) is 10.2. The Kier molecular flexibility index (Phi) is 4.48. The molecule has 0 bridgehead atoms. The molecule has 116 valence electrons. The molecule has 0 radical (unpaired) electrons. The third-order valence-electron chi connectivity index (χ3n) is 3.90. The number of rotatable bonds is 4. The molecule has 0 saturated carbocycles. The number of hydrogen-bond acceptors (Lipinski definition) is 5. The molecule has 0 aromatic heterocycles. The molecule has 1 aromatic carbocycles. The average molecular weight is 313 g/mol. The maximum absolute atomic E-state index is 12.6. The van der Waals surface area contributed by atoms with E-state index >= 15 is 0 Å². The molecule has 1 aliphatic rings. The topological polar surface area (TPSA) is 107 Å². The Labute approximate surface area is 123 Å². The van der Waals surface area contributed by atoms with Gasteiger partial charge in [-0.15, -0.1) is 0 Å². The van der Waals surface area contributed by atoms with Gasteiger partial charge in [0.2, 0.25) is 10.0 Å². The van der Waals surface area contributed by atoms with Crippen LogP contribution in [0.3, 0.4) is 0 Å². The fraction of sp³-hybridized carbons (Fsp3) is 0.538. The first-order valence-corrected chi connectivity index (χ1v) is 8.34. The van der Waals surface area contributed by atoms with E-state index in [2.05, 4.69) is 0 Å². The van der Waals surface area contributed by atoms with Gasteiger partial charge in [-0.3, -0.25) is 10.1 Å². The first-order valence-electron chi connectivity index (χ1n) is 6.90. The third kappa shape index (κ3) is 3.16. The van der Waals surface area contributed by atoms with Crippen LogP contribution >= 0.6 is 0 Å². The van der Waals surface area contributed by atoms with Crippen molar-refractivity contribution >= 4 is 21.4 Å². The van der Waals surface area contributed by atoms with E-state index in [4.69, 9.17) is 5.73 Å². The Balaban J connectivity index is 2.35. The van der Waals surface area contributed by atoms with Crippen LogP contribution in [-0.2, 0) is 10.0 Å². The molecule has 1 aliphatic heterocycles. The van der Waals surface area contributed by atoms with Gasteiger partial charge in [-0.1, -0.05) is 13.3 Å². The Morgan fingerprint density at radius 1 is 1.48 bits per heavy atom. The molecule has 1 fully saturated rings. The molecular formula is C13H19N3O4S. The van der Waals surface area contributed by atoms with Gasteiger partial charge in [-0.2, -0.15) is 4.31 Å². The zero-order chi connectivity index (χ0) is 15.6. The lowest BCUT2D eigenvalue weighted by atomic mass is 9.97. The molecular weight excluding hydrogens is 294 g/mol. The summed E-state index contributed by atoms with van der Waals surface area (Å²) in [6.45, 7) is 2.96. The van der Waals surface area contributed by atoms with Crippen molar-refractivity contribution in [3.05, 3.63) is 28.3 Å². The quantitative estimate of drug-likeness (QED) is 0.519. The second-order valence-corrected chi connectivity index (χ2v) is 7.20. The van der Waals surface area contributed by atoms with Crippen molar-refractivity contribution in [3.63, 3.8) is 0 Å². The molecule has 21 heavy (non-hydrogen) atoms. The molecule has 7 nitrogen and oxygen atoms in total. The van der Waals surface area contributed by atoms with Gasteiger partial charge in [0.05, 0.1) is 9.82 Å². The summed E-state index contributed by atoms with van der Waals surface area (Å²) in [6.07, 6.45) is 2.76. The fourth-order valence-electron chi connectivity index (χ4n) is 2.57. The minimum atomic E-state index is -3.70. The van der Waals surface area contributed by atoms with Gasteiger partial charge in [0.25, 0.3) is 5.69 Å². The van der Waals surface area contributed by atoms with Gasteiger partial charge < -0.3 is 5.73 Å². The predicted molar refractivity (Wildman–Crippen MR) is 79.3 cm³/mol. The molecule has 1 atom stereocenters. The standard InChI is InChI=1S/C13H19N3O4S/c1-2-10-4-3-7-15(9-10)21(19,20)11-5-6-12(14)13(8-11)16(17)18/h5-6,8,10H,2-4,7,9,14H2,1H3. The van der Waals surface area contributed by atoms with Crippen molar-refractivity contribution in [2.45, 2.75) is 31.1 Å². The largest absolute Gasteiger partial charge is 0.393 e. The smallest absolute Gasteiger partial charge is 0.293 e. The van der Waals surface area contributed by atoms with Crippen molar-refractivity contribution in [2.75, 3.05) is 18.8 Å². The zero-order valence-electron chi connectivity index (χ0n) is 11.9. The molecule has 2 rings (SSSR count). The average Bonchev–Trinajstić information content (AvgIpc) is 2.47. The van der Waals surface area contributed by atoms with E-state index in [0.717, 1.165) is 25.3 Å². The first kappa shape index (κ1) is 15.7. The van der Waals surface area contributed by atoms with Crippen molar-refractivity contribution in [3.8, 4) is 0 Å². The summed E-state index contributed by atoms with van der Waals surface area (Å²) in [7, 11) is -3.70. The highest BCUT2D eigenvalue weighted by Gasteiger charge is 2.30. The molecule has 1 aromatic rings. The van der Waals surface area contributed by atoms with E-state index < -0.39 is 14.9 Å². The van der Waals surface area contributed by atoms with Crippen LogP contribution in [0.15, 0.2) is 23.1 Å². The van der Waals surface area contributed by atoms with Gasteiger partial charge in [-0.05, 0) is 30.9 Å². The minimum absolute atomic E-state index is 0.0379. The van der Waals surface area contributed by atoms with Gasteiger partial charge in [0.15, 0.2) is 0 Å². The summed E-state index contributed by atoms with van der Waals surface area (Å²) >= 11 is 0. The maximum Gasteiger partial charge on any atom is 0.293 e. The van der Waals surface area contributed by atoms with Crippen molar-refractivity contribution in [2.24, 2.45) is 5.92 Å². The van der Waals surface area contributed by atoms with Crippen LogP contribution < -0.4 is 5.73 Å². The number of nitro benzene ring substituents is 1. The second-order valence-electron chi connectivity index (χ2n) is 5.26. The number of benzene rings is 1. The van der Waals surface area contributed by atoms with Gasteiger partial charge in [0.1, 0.15) is 5.69 Å². The molecule has 1 heterocycles. The van der Waals surface area contributed by atoms with E-state index in [1.54, 1.807) is 0 Å². The molecule has 1 saturated heterocycles. The zero-order valence-corrected chi connectivity index (χ0v) is 12.7. The molecule has 0 amide bonds. The lowest BCUT2D eigenvalue weighted by molar-refractivity contribution is -0.384. The summed E-state index contributed by atoms with van der Waals surface area (Å²) in [5, 5.41) is 10.9. The van der Waals surface area contributed by atoms with E-state index in [1.807, 2.05) is 6.92 Å². The van der Waals surface area contributed by atoms with Crippen molar-refractivity contribution in [1.82, 2.24) is 4.31 Å². The molecule has 1 unspecified atom stereocenters. The van der Waals surface area contributed by atoms with Crippen LogP contribution in [0.25, 0.3) is 0 Å². The predicted octanol–water partition coefficient (Wildman–Crippen LogP) is 1.99. The lowest BCUT2D eigenvalue weighted by Gasteiger charge is -2.31. The number of nitro groups is 1. The Hall–Kier alpha value is -1.67. The SMILES string of the molecule is CCC1CCCN(S(=O)(=O)c2ccc(N)c([N+](=O)[O-])c2)C1. The summed E-state index contributed by atoms with van der Waals surface area (Å²) < 4.78 is 26.6. The summed E-state index contributed by atoms with van der Waals surface area (Å²) in [6, 6.07) is 3.64. The van der Waals surface area contributed by atoms with E-state index in [-0.39, 0.29) is 16.3 Å². The van der Waals surface area contributed by atoms with Crippen LogP contribution in [0.1, 0.15) is 26.2 Å². The van der Waals surface area contributed by atoms with Crippen molar-refractivity contribution in [1.29, 1.82) is 0 Å². The minimum Gasteiger partial charge on any atom is -0.393 e. The fourth-order valence-corrected chi connectivity index (χ4v) is 4.14. The first-order chi connectivity index (χ1) is 9.86. The maximum atomic E-state index is 12.6.